The minimum absolute atomic E-state index is 0.633. The Bertz CT molecular complexity index is 211. The largest absolute Gasteiger partial charge is 0.497 e. The van der Waals surface area contributed by atoms with E-state index in [1.54, 1.807) is 7.11 Å². The van der Waals surface area contributed by atoms with E-state index >= 15 is 0 Å². The first kappa shape index (κ1) is 8.38. The molecule has 0 aromatic rings. The predicted octanol–water partition coefficient (Wildman–Crippen LogP) is 2.89. The van der Waals surface area contributed by atoms with E-state index in [1.807, 2.05) is 0 Å². The molecule has 1 unspecified atom stereocenters. The summed E-state index contributed by atoms with van der Waals surface area (Å²) in [5.74, 6) is 1.69. The molecule has 0 aromatic carbocycles. The van der Waals surface area contributed by atoms with Crippen molar-refractivity contribution in [1.29, 1.82) is 0 Å². The average molecular weight is 152 g/mol. The first-order valence-electron chi connectivity index (χ1n) is 4.07. The van der Waals surface area contributed by atoms with Crippen LogP contribution in [-0.4, -0.2) is 7.11 Å². The van der Waals surface area contributed by atoms with E-state index in [4.69, 9.17) is 4.74 Å². The third-order valence-corrected chi connectivity index (χ3v) is 2.29. The van der Waals surface area contributed by atoms with Crippen LogP contribution in [0.5, 0.6) is 0 Å². The van der Waals surface area contributed by atoms with Gasteiger partial charge in [0.05, 0.1) is 7.11 Å². The van der Waals surface area contributed by atoms with E-state index in [1.165, 1.54) is 17.6 Å². The quantitative estimate of drug-likeness (QED) is 0.561. The molecule has 1 aliphatic rings. The van der Waals surface area contributed by atoms with Gasteiger partial charge in [0.2, 0.25) is 0 Å². The fourth-order valence-corrected chi connectivity index (χ4v) is 1.51. The Morgan fingerprint density at radius 1 is 1.45 bits per heavy atom. The molecule has 1 aliphatic carbocycles. The lowest BCUT2D eigenvalue weighted by molar-refractivity contribution is 0.292. The number of hydrogen-bond acceptors (Lipinski definition) is 1. The van der Waals surface area contributed by atoms with Gasteiger partial charge in [-0.3, -0.25) is 0 Å². The molecule has 1 heteroatoms. The van der Waals surface area contributed by atoms with E-state index in [9.17, 15) is 0 Å². The molecule has 1 nitrogen and oxygen atoms in total. The summed E-state index contributed by atoms with van der Waals surface area (Å²) in [4.78, 5) is 0. The standard InChI is InChI=1S/C10H16O/c1-7-5-8(2)9(3)10(6-7)11-4/h6-7H,5H2,1-4H3. The molecule has 0 saturated carbocycles. The molecule has 0 fully saturated rings. The molecule has 1 rings (SSSR count). The molecular weight excluding hydrogens is 136 g/mol. The van der Waals surface area contributed by atoms with E-state index in [0.29, 0.717) is 5.92 Å². The van der Waals surface area contributed by atoms with Gasteiger partial charge in [0.25, 0.3) is 0 Å². The second-order valence-corrected chi connectivity index (χ2v) is 3.32. The molecule has 11 heavy (non-hydrogen) atoms. The van der Waals surface area contributed by atoms with Crippen LogP contribution in [0.3, 0.4) is 0 Å². The smallest absolute Gasteiger partial charge is 0.118 e. The van der Waals surface area contributed by atoms with Gasteiger partial charge in [0.15, 0.2) is 0 Å². The third-order valence-electron chi connectivity index (χ3n) is 2.29. The Morgan fingerprint density at radius 3 is 2.64 bits per heavy atom. The maximum atomic E-state index is 5.25. The predicted molar refractivity (Wildman–Crippen MR) is 47.2 cm³/mol. The molecule has 0 aromatic heterocycles. The molecule has 0 bridgehead atoms. The number of rotatable bonds is 1. The van der Waals surface area contributed by atoms with Crippen LogP contribution in [0, 0.1) is 5.92 Å². The highest BCUT2D eigenvalue weighted by atomic mass is 16.5. The lowest BCUT2D eigenvalue weighted by atomic mass is 9.91. The maximum Gasteiger partial charge on any atom is 0.118 e. The summed E-state index contributed by atoms with van der Waals surface area (Å²) < 4.78 is 5.25. The van der Waals surface area contributed by atoms with Gasteiger partial charge in [-0.15, -0.1) is 0 Å². The SMILES string of the molecule is COC1=CC(C)CC(C)=C1C. The van der Waals surface area contributed by atoms with Crippen molar-refractivity contribution < 1.29 is 4.74 Å². The minimum atomic E-state index is 0.633. The van der Waals surface area contributed by atoms with Gasteiger partial charge in [-0.2, -0.15) is 0 Å². The number of ether oxygens (including phenoxy) is 1. The molecule has 0 aliphatic heterocycles. The summed E-state index contributed by atoms with van der Waals surface area (Å²) >= 11 is 0. The summed E-state index contributed by atoms with van der Waals surface area (Å²) in [6, 6.07) is 0. The van der Waals surface area contributed by atoms with Crippen LogP contribution in [0.15, 0.2) is 23.0 Å². The zero-order valence-electron chi connectivity index (χ0n) is 7.77. The molecular formula is C10H16O. The van der Waals surface area contributed by atoms with Crippen LogP contribution in [0.1, 0.15) is 27.2 Å². The number of hydrogen-bond donors (Lipinski definition) is 0. The fourth-order valence-electron chi connectivity index (χ4n) is 1.51. The fraction of sp³-hybridized carbons (Fsp3) is 0.600. The zero-order valence-corrected chi connectivity index (χ0v) is 7.77. The van der Waals surface area contributed by atoms with Crippen molar-refractivity contribution >= 4 is 0 Å². The molecule has 0 spiro atoms. The average Bonchev–Trinajstić information content (AvgIpc) is 1.96. The Balaban J connectivity index is 2.90. The number of methoxy groups -OCH3 is 1. The van der Waals surface area contributed by atoms with Crippen molar-refractivity contribution in [2.24, 2.45) is 5.92 Å². The molecule has 0 saturated heterocycles. The van der Waals surface area contributed by atoms with Gasteiger partial charge in [0.1, 0.15) is 5.76 Å². The lowest BCUT2D eigenvalue weighted by Crippen LogP contribution is -2.05. The highest BCUT2D eigenvalue weighted by molar-refractivity contribution is 5.32. The summed E-state index contributed by atoms with van der Waals surface area (Å²) in [5, 5.41) is 0. The van der Waals surface area contributed by atoms with Crippen LogP contribution in [0.2, 0.25) is 0 Å². The topological polar surface area (TPSA) is 9.23 Å². The van der Waals surface area contributed by atoms with Crippen molar-refractivity contribution in [1.82, 2.24) is 0 Å². The highest BCUT2D eigenvalue weighted by Crippen LogP contribution is 2.28. The summed E-state index contributed by atoms with van der Waals surface area (Å²) in [7, 11) is 1.74. The molecule has 0 N–H and O–H groups in total. The van der Waals surface area contributed by atoms with Crippen molar-refractivity contribution in [3.63, 3.8) is 0 Å². The highest BCUT2D eigenvalue weighted by Gasteiger charge is 2.13. The van der Waals surface area contributed by atoms with Crippen LogP contribution < -0.4 is 0 Å². The summed E-state index contributed by atoms with van der Waals surface area (Å²) in [5.41, 5.74) is 2.77. The maximum absolute atomic E-state index is 5.25. The monoisotopic (exact) mass is 152 g/mol. The minimum Gasteiger partial charge on any atom is -0.497 e. The van der Waals surface area contributed by atoms with Gasteiger partial charge < -0.3 is 4.74 Å². The Hall–Kier alpha value is -0.720. The van der Waals surface area contributed by atoms with Gasteiger partial charge >= 0.3 is 0 Å². The third kappa shape index (κ3) is 1.65. The van der Waals surface area contributed by atoms with Crippen LogP contribution in [0.25, 0.3) is 0 Å². The normalized spacial score (nSPS) is 25.1. The van der Waals surface area contributed by atoms with Crippen LogP contribution in [0.4, 0.5) is 0 Å². The molecule has 0 amide bonds. The Kier molecular flexibility index (Phi) is 2.38. The molecule has 1 atom stereocenters. The Labute approximate surface area is 68.8 Å². The van der Waals surface area contributed by atoms with E-state index in [0.717, 1.165) is 5.76 Å². The van der Waals surface area contributed by atoms with Crippen molar-refractivity contribution in [3.8, 4) is 0 Å². The lowest BCUT2D eigenvalue weighted by Gasteiger charge is -2.19. The first-order valence-corrected chi connectivity index (χ1v) is 4.07. The second kappa shape index (κ2) is 3.12. The first-order chi connectivity index (χ1) is 5.15. The summed E-state index contributed by atoms with van der Waals surface area (Å²) in [6.45, 7) is 6.52. The molecule has 62 valence electrons. The van der Waals surface area contributed by atoms with Crippen molar-refractivity contribution in [2.75, 3.05) is 7.11 Å². The van der Waals surface area contributed by atoms with Gasteiger partial charge in [-0.1, -0.05) is 12.5 Å². The van der Waals surface area contributed by atoms with Gasteiger partial charge in [-0.25, -0.2) is 0 Å². The van der Waals surface area contributed by atoms with Crippen molar-refractivity contribution in [2.45, 2.75) is 27.2 Å². The zero-order chi connectivity index (χ0) is 8.43. The molecule has 0 radical (unpaired) electrons. The van der Waals surface area contributed by atoms with Gasteiger partial charge in [0, 0.05) is 0 Å². The van der Waals surface area contributed by atoms with E-state index in [-0.39, 0.29) is 0 Å². The number of allylic oxidation sites excluding steroid dienone is 3. The Morgan fingerprint density at radius 2 is 2.09 bits per heavy atom. The van der Waals surface area contributed by atoms with E-state index in [2.05, 4.69) is 26.8 Å². The molecule has 0 heterocycles. The summed E-state index contributed by atoms with van der Waals surface area (Å²) in [6.07, 6.45) is 3.38. The van der Waals surface area contributed by atoms with Gasteiger partial charge in [-0.05, 0) is 37.8 Å². The van der Waals surface area contributed by atoms with Crippen LogP contribution in [-0.2, 0) is 4.74 Å². The van der Waals surface area contributed by atoms with E-state index < -0.39 is 0 Å². The van der Waals surface area contributed by atoms with Crippen molar-refractivity contribution in [3.05, 3.63) is 23.0 Å². The second-order valence-electron chi connectivity index (χ2n) is 3.32. The van der Waals surface area contributed by atoms with Crippen LogP contribution >= 0.6 is 0 Å².